The van der Waals surface area contributed by atoms with Crippen molar-refractivity contribution in [1.29, 1.82) is 0 Å². The number of benzene rings is 1. The molecule has 0 N–H and O–H groups in total. The molecule has 1 aliphatic heterocycles. The molecule has 1 nitrogen and oxygen atoms in total. The molecular formula is C13H16BrIO. The highest BCUT2D eigenvalue weighted by molar-refractivity contribution is 14.1. The molecule has 1 fully saturated rings. The van der Waals surface area contributed by atoms with E-state index < -0.39 is 0 Å². The van der Waals surface area contributed by atoms with E-state index in [1.54, 1.807) is 0 Å². The smallest absolute Gasteiger partial charge is 0.0471 e. The lowest BCUT2D eigenvalue weighted by molar-refractivity contribution is 0.0270. The summed E-state index contributed by atoms with van der Waals surface area (Å²) in [4.78, 5) is 0. The Morgan fingerprint density at radius 1 is 1.19 bits per heavy atom. The van der Waals surface area contributed by atoms with Crippen LogP contribution in [-0.2, 0) is 11.2 Å². The van der Waals surface area contributed by atoms with Gasteiger partial charge in [-0.3, -0.25) is 0 Å². The Balaban J connectivity index is 2.08. The topological polar surface area (TPSA) is 9.23 Å². The van der Waals surface area contributed by atoms with E-state index in [-0.39, 0.29) is 0 Å². The third-order valence-electron chi connectivity index (χ3n) is 3.33. The minimum Gasteiger partial charge on any atom is -0.381 e. The molecule has 0 radical (unpaired) electrons. The van der Waals surface area contributed by atoms with Gasteiger partial charge in [-0.05, 0) is 65.0 Å². The van der Waals surface area contributed by atoms with E-state index in [4.69, 9.17) is 4.74 Å². The molecule has 1 aliphatic rings. The first-order valence-corrected chi connectivity index (χ1v) is 7.82. The number of halogens is 2. The van der Waals surface area contributed by atoms with Crippen LogP contribution in [0.3, 0.4) is 0 Å². The van der Waals surface area contributed by atoms with Crippen molar-refractivity contribution >= 4 is 38.5 Å². The lowest BCUT2D eigenvalue weighted by atomic mass is 9.77. The average Bonchev–Trinajstić information content (AvgIpc) is 2.33. The fourth-order valence-corrected chi connectivity index (χ4v) is 3.32. The summed E-state index contributed by atoms with van der Waals surface area (Å²) in [7, 11) is 0. The number of hydrogen-bond donors (Lipinski definition) is 0. The van der Waals surface area contributed by atoms with Gasteiger partial charge in [0.1, 0.15) is 0 Å². The SMILES string of the molecule is BrCC1(Cc2ccc(I)cc2)CCOCC1. The molecule has 2 rings (SSSR count). The lowest BCUT2D eigenvalue weighted by Crippen LogP contribution is -2.33. The number of ether oxygens (including phenoxy) is 1. The Morgan fingerprint density at radius 3 is 2.38 bits per heavy atom. The van der Waals surface area contributed by atoms with Crippen molar-refractivity contribution in [2.24, 2.45) is 5.41 Å². The summed E-state index contributed by atoms with van der Waals surface area (Å²) in [6.45, 7) is 1.83. The van der Waals surface area contributed by atoms with Crippen LogP contribution in [0.1, 0.15) is 18.4 Å². The van der Waals surface area contributed by atoms with Gasteiger partial charge in [0.15, 0.2) is 0 Å². The zero-order valence-corrected chi connectivity index (χ0v) is 13.0. The van der Waals surface area contributed by atoms with Crippen LogP contribution >= 0.6 is 38.5 Å². The van der Waals surface area contributed by atoms with Crippen LogP contribution in [0, 0.1) is 8.99 Å². The zero-order chi connectivity index (χ0) is 11.4. The van der Waals surface area contributed by atoms with Crippen LogP contribution in [0.2, 0.25) is 0 Å². The molecule has 0 spiro atoms. The van der Waals surface area contributed by atoms with Gasteiger partial charge in [0.25, 0.3) is 0 Å². The Hall–Kier alpha value is 0.390. The first-order chi connectivity index (χ1) is 7.74. The molecule has 0 unspecified atom stereocenters. The molecule has 16 heavy (non-hydrogen) atoms. The maximum absolute atomic E-state index is 5.46. The van der Waals surface area contributed by atoms with Crippen LogP contribution in [0.15, 0.2) is 24.3 Å². The molecule has 88 valence electrons. The molecule has 0 atom stereocenters. The molecule has 0 aromatic heterocycles. The molecule has 0 bridgehead atoms. The normalized spacial score (nSPS) is 19.6. The van der Waals surface area contributed by atoms with Crippen LogP contribution < -0.4 is 0 Å². The Morgan fingerprint density at radius 2 is 1.81 bits per heavy atom. The van der Waals surface area contributed by atoms with Gasteiger partial charge in [-0.15, -0.1) is 0 Å². The van der Waals surface area contributed by atoms with Crippen molar-refractivity contribution in [3.63, 3.8) is 0 Å². The summed E-state index contributed by atoms with van der Waals surface area (Å²) in [6, 6.07) is 8.89. The van der Waals surface area contributed by atoms with Crippen molar-refractivity contribution in [3.8, 4) is 0 Å². The Kier molecular flexibility index (Phi) is 4.67. The maximum Gasteiger partial charge on any atom is 0.0471 e. The van der Waals surface area contributed by atoms with Gasteiger partial charge < -0.3 is 4.74 Å². The highest BCUT2D eigenvalue weighted by atomic mass is 127. The van der Waals surface area contributed by atoms with Crippen molar-refractivity contribution in [2.75, 3.05) is 18.5 Å². The summed E-state index contributed by atoms with van der Waals surface area (Å²) in [5.74, 6) is 0. The van der Waals surface area contributed by atoms with E-state index in [9.17, 15) is 0 Å². The second-order valence-electron chi connectivity index (χ2n) is 4.55. The zero-order valence-electron chi connectivity index (χ0n) is 9.22. The van der Waals surface area contributed by atoms with Gasteiger partial charge in [0, 0.05) is 22.1 Å². The summed E-state index contributed by atoms with van der Waals surface area (Å²) >= 11 is 6.03. The third-order valence-corrected chi connectivity index (χ3v) is 5.24. The van der Waals surface area contributed by atoms with E-state index in [2.05, 4.69) is 62.8 Å². The second-order valence-corrected chi connectivity index (χ2v) is 6.36. The van der Waals surface area contributed by atoms with Crippen molar-refractivity contribution in [3.05, 3.63) is 33.4 Å². The van der Waals surface area contributed by atoms with E-state index in [1.807, 2.05) is 0 Å². The first-order valence-electron chi connectivity index (χ1n) is 5.62. The van der Waals surface area contributed by atoms with Gasteiger partial charge in [0.2, 0.25) is 0 Å². The molecule has 1 aromatic rings. The molecule has 1 saturated heterocycles. The van der Waals surface area contributed by atoms with Crippen molar-refractivity contribution in [1.82, 2.24) is 0 Å². The Labute approximate surface area is 119 Å². The van der Waals surface area contributed by atoms with Crippen LogP contribution in [0.25, 0.3) is 0 Å². The predicted octanol–water partition coefficient (Wildman–Crippen LogP) is 4.03. The molecule has 1 heterocycles. The van der Waals surface area contributed by atoms with Gasteiger partial charge in [-0.25, -0.2) is 0 Å². The molecule has 1 aromatic carbocycles. The van der Waals surface area contributed by atoms with Crippen LogP contribution in [0.4, 0.5) is 0 Å². The van der Waals surface area contributed by atoms with Crippen LogP contribution in [0.5, 0.6) is 0 Å². The fourth-order valence-electron chi connectivity index (χ4n) is 2.20. The van der Waals surface area contributed by atoms with E-state index in [1.165, 1.54) is 28.4 Å². The molecule has 0 aliphatic carbocycles. The predicted molar refractivity (Wildman–Crippen MR) is 79.1 cm³/mol. The molecule has 0 amide bonds. The lowest BCUT2D eigenvalue weighted by Gasteiger charge is -2.35. The van der Waals surface area contributed by atoms with Gasteiger partial charge >= 0.3 is 0 Å². The number of hydrogen-bond acceptors (Lipinski definition) is 1. The third kappa shape index (κ3) is 3.20. The summed E-state index contributed by atoms with van der Waals surface area (Å²) < 4.78 is 6.77. The molecule has 0 saturated carbocycles. The molecule has 3 heteroatoms. The van der Waals surface area contributed by atoms with Crippen LogP contribution in [-0.4, -0.2) is 18.5 Å². The first kappa shape index (κ1) is 12.8. The van der Waals surface area contributed by atoms with E-state index in [0.29, 0.717) is 5.41 Å². The summed E-state index contributed by atoms with van der Waals surface area (Å²) in [6.07, 6.45) is 3.51. The number of rotatable bonds is 3. The Bertz CT molecular complexity index is 330. The standard InChI is InChI=1S/C13H16BrIO/c14-10-13(5-7-16-8-6-13)9-11-1-3-12(15)4-2-11/h1-4H,5-10H2. The minimum absolute atomic E-state index is 0.408. The highest BCUT2D eigenvalue weighted by Gasteiger charge is 2.31. The summed E-state index contributed by atoms with van der Waals surface area (Å²) in [5.41, 5.74) is 1.85. The largest absolute Gasteiger partial charge is 0.381 e. The molecular weight excluding hydrogens is 379 g/mol. The number of alkyl halides is 1. The van der Waals surface area contributed by atoms with Gasteiger partial charge in [-0.2, -0.15) is 0 Å². The van der Waals surface area contributed by atoms with Gasteiger partial charge in [-0.1, -0.05) is 28.1 Å². The van der Waals surface area contributed by atoms with E-state index in [0.717, 1.165) is 18.5 Å². The minimum atomic E-state index is 0.408. The fraction of sp³-hybridized carbons (Fsp3) is 0.538. The highest BCUT2D eigenvalue weighted by Crippen LogP contribution is 2.36. The second kappa shape index (κ2) is 5.83. The summed E-state index contributed by atoms with van der Waals surface area (Å²) in [5, 5.41) is 1.08. The quantitative estimate of drug-likeness (QED) is 0.555. The average molecular weight is 395 g/mol. The maximum atomic E-state index is 5.46. The van der Waals surface area contributed by atoms with E-state index >= 15 is 0 Å². The monoisotopic (exact) mass is 394 g/mol. The van der Waals surface area contributed by atoms with Crippen molar-refractivity contribution in [2.45, 2.75) is 19.3 Å². The van der Waals surface area contributed by atoms with Gasteiger partial charge in [0.05, 0.1) is 0 Å². The van der Waals surface area contributed by atoms with Crippen molar-refractivity contribution < 1.29 is 4.74 Å².